The molecule has 5 nitrogen and oxygen atoms in total. The first-order valence-corrected chi connectivity index (χ1v) is 5.15. The van der Waals surface area contributed by atoms with Gasteiger partial charge in [-0.3, -0.25) is 0 Å². The molecule has 84 valence electrons. The highest BCUT2D eigenvalue weighted by atomic mass is 32.2. The predicted octanol–water partition coefficient (Wildman–Crippen LogP) is 1.29. The van der Waals surface area contributed by atoms with Crippen molar-refractivity contribution >= 4 is 11.1 Å². The Morgan fingerprint density at radius 3 is 1.80 bits per heavy atom. The molecule has 1 aromatic rings. The number of hydrogen-bond donors (Lipinski definition) is 1. The van der Waals surface area contributed by atoms with E-state index in [0.29, 0.717) is 5.75 Å². The molecule has 0 bridgehead atoms. The Hall–Kier alpha value is -1.27. The quantitative estimate of drug-likeness (QED) is 0.792. The third-order valence-corrected chi connectivity index (χ3v) is 2.60. The normalized spacial score (nSPS) is 12.0. The van der Waals surface area contributed by atoms with Crippen LogP contribution in [0.1, 0.15) is 0 Å². The van der Waals surface area contributed by atoms with Crippen LogP contribution in [0.15, 0.2) is 17.0 Å². The van der Waals surface area contributed by atoms with Crippen molar-refractivity contribution in [3.8, 4) is 17.2 Å². The molecule has 15 heavy (non-hydrogen) atoms. The highest BCUT2D eigenvalue weighted by molar-refractivity contribution is 7.79. The molecule has 0 aliphatic carbocycles. The summed E-state index contributed by atoms with van der Waals surface area (Å²) in [7, 11) is 4.30. The molecule has 6 heteroatoms. The van der Waals surface area contributed by atoms with Gasteiger partial charge in [-0.15, -0.1) is 0 Å². The van der Waals surface area contributed by atoms with Crippen LogP contribution in [0.2, 0.25) is 0 Å². The topological polar surface area (TPSA) is 65.0 Å². The summed E-state index contributed by atoms with van der Waals surface area (Å²) in [6.45, 7) is 0. The van der Waals surface area contributed by atoms with Gasteiger partial charge in [-0.25, -0.2) is 4.21 Å². The maximum Gasteiger partial charge on any atom is 0.194 e. The van der Waals surface area contributed by atoms with Crippen molar-refractivity contribution in [1.82, 2.24) is 0 Å². The second-order valence-electron chi connectivity index (χ2n) is 2.61. The first-order chi connectivity index (χ1) is 7.13. The molecule has 0 radical (unpaired) electrons. The van der Waals surface area contributed by atoms with Crippen LogP contribution >= 0.6 is 0 Å². The molecule has 0 saturated heterocycles. The van der Waals surface area contributed by atoms with Crippen molar-refractivity contribution in [3.63, 3.8) is 0 Å². The summed E-state index contributed by atoms with van der Waals surface area (Å²) < 4.78 is 35.1. The number of benzene rings is 1. The standard InChI is InChI=1S/C9H12O5S/c1-12-6-4-7(13-2)9(15(10)11)8(5-6)14-3/h4-5H,1-3H3,(H,10,11). The summed E-state index contributed by atoms with van der Waals surface area (Å²) >= 11 is -2.17. The SMILES string of the molecule is COc1cc(OC)c(S(=O)O)c(OC)c1. The summed E-state index contributed by atoms with van der Waals surface area (Å²) in [6, 6.07) is 3.04. The van der Waals surface area contributed by atoms with Gasteiger partial charge in [0.2, 0.25) is 0 Å². The van der Waals surface area contributed by atoms with Gasteiger partial charge in [0.15, 0.2) is 16.0 Å². The van der Waals surface area contributed by atoms with Crippen molar-refractivity contribution in [2.45, 2.75) is 4.90 Å². The fourth-order valence-electron chi connectivity index (χ4n) is 1.15. The number of hydrogen-bond acceptors (Lipinski definition) is 4. The lowest BCUT2D eigenvalue weighted by atomic mass is 10.3. The Labute approximate surface area is 90.2 Å². The zero-order chi connectivity index (χ0) is 11.4. The Morgan fingerprint density at radius 2 is 1.53 bits per heavy atom. The van der Waals surface area contributed by atoms with Crippen LogP contribution in [0.4, 0.5) is 0 Å². The fraction of sp³-hybridized carbons (Fsp3) is 0.333. The smallest absolute Gasteiger partial charge is 0.194 e. The first kappa shape index (κ1) is 11.8. The van der Waals surface area contributed by atoms with Gasteiger partial charge in [-0.2, -0.15) is 0 Å². The highest BCUT2D eigenvalue weighted by Gasteiger charge is 2.17. The third kappa shape index (κ3) is 2.40. The molecule has 1 aromatic carbocycles. The monoisotopic (exact) mass is 232 g/mol. The maximum absolute atomic E-state index is 11.1. The minimum atomic E-state index is -2.17. The maximum atomic E-state index is 11.1. The Balaban J connectivity index is 3.39. The van der Waals surface area contributed by atoms with Crippen LogP contribution in [0.3, 0.4) is 0 Å². The van der Waals surface area contributed by atoms with Crippen molar-refractivity contribution in [1.29, 1.82) is 0 Å². The number of ether oxygens (including phenoxy) is 3. The summed E-state index contributed by atoms with van der Waals surface area (Å²) in [4.78, 5) is 0.0980. The molecular formula is C9H12O5S. The van der Waals surface area contributed by atoms with E-state index in [-0.39, 0.29) is 16.4 Å². The predicted molar refractivity (Wildman–Crippen MR) is 55.1 cm³/mol. The molecule has 0 spiro atoms. The largest absolute Gasteiger partial charge is 0.496 e. The molecule has 0 amide bonds. The van der Waals surface area contributed by atoms with Gasteiger partial charge in [0.1, 0.15) is 17.2 Å². The molecule has 1 rings (SSSR count). The van der Waals surface area contributed by atoms with Gasteiger partial charge in [0, 0.05) is 12.1 Å². The average Bonchev–Trinajstić information content (AvgIpc) is 2.26. The number of methoxy groups -OCH3 is 3. The Bertz CT molecular complexity index is 352. The lowest BCUT2D eigenvalue weighted by Gasteiger charge is -2.11. The second-order valence-corrected chi connectivity index (χ2v) is 3.52. The average molecular weight is 232 g/mol. The molecule has 1 N–H and O–H groups in total. The first-order valence-electron chi connectivity index (χ1n) is 4.05. The van der Waals surface area contributed by atoms with E-state index in [1.807, 2.05) is 0 Å². The molecule has 1 unspecified atom stereocenters. The van der Waals surface area contributed by atoms with Crippen LogP contribution in [-0.2, 0) is 11.1 Å². The minimum absolute atomic E-state index is 0.0980. The van der Waals surface area contributed by atoms with Gasteiger partial charge in [-0.1, -0.05) is 0 Å². The van der Waals surface area contributed by atoms with Crippen molar-refractivity contribution in [2.24, 2.45) is 0 Å². The van der Waals surface area contributed by atoms with Crippen molar-refractivity contribution in [2.75, 3.05) is 21.3 Å². The van der Waals surface area contributed by atoms with Crippen LogP contribution in [0, 0.1) is 0 Å². The molecule has 0 aromatic heterocycles. The fourth-order valence-corrected chi connectivity index (χ4v) is 1.77. The number of rotatable bonds is 4. The molecule has 1 atom stereocenters. The van der Waals surface area contributed by atoms with Crippen LogP contribution in [0.5, 0.6) is 17.2 Å². The minimum Gasteiger partial charge on any atom is -0.496 e. The summed E-state index contributed by atoms with van der Waals surface area (Å²) in [6.07, 6.45) is 0. The molecule has 0 aliphatic rings. The van der Waals surface area contributed by atoms with E-state index in [4.69, 9.17) is 18.8 Å². The van der Waals surface area contributed by atoms with Crippen molar-refractivity contribution in [3.05, 3.63) is 12.1 Å². The van der Waals surface area contributed by atoms with Crippen LogP contribution in [0.25, 0.3) is 0 Å². The molecule has 0 heterocycles. The summed E-state index contributed by atoms with van der Waals surface area (Å²) in [5.74, 6) is 1.01. The highest BCUT2D eigenvalue weighted by Crippen LogP contribution is 2.35. The molecule has 0 fully saturated rings. The van der Waals surface area contributed by atoms with E-state index in [1.165, 1.54) is 33.5 Å². The Morgan fingerprint density at radius 1 is 1.07 bits per heavy atom. The summed E-state index contributed by atoms with van der Waals surface area (Å²) in [5.41, 5.74) is 0. The van der Waals surface area contributed by atoms with E-state index in [0.717, 1.165) is 0 Å². The van der Waals surface area contributed by atoms with E-state index in [2.05, 4.69) is 0 Å². The van der Waals surface area contributed by atoms with E-state index < -0.39 is 11.1 Å². The van der Waals surface area contributed by atoms with Gasteiger partial charge in [-0.05, 0) is 0 Å². The lowest BCUT2D eigenvalue weighted by Crippen LogP contribution is -1.99. The van der Waals surface area contributed by atoms with Gasteiger partial charge >= 0.3 is 0 Å². The molecular weight excluding hydrogens is 220 g/mol. The zero-order valence-corrected chi connectivity index (χ0v) is 9.46. The molecule has 0 aliphatic heterocycles. The zero-order valence-electron chi connectivity index (χ0n) is 8.64. The van der Waals surface area contributed by atoms with Gasteiger partial charge in [0.05, 0.1) is 21.3 Å². The second kappa shape index (κ2) is 4.99. The van der Waals surface area contributed by atoms with E-state index >= 15 is 0 Å². The van der Waals surface area contributed by atoms with Crippen LogP contribution in [-0.4, -0.2) is 30.1 Å². The van der Waals surface area contributed by atoms with E-state index in [9.17, 15) is 4.21 Å². The van der Waals surface area contributed by atoms with Crippen LogP contribution < -0.4 is 14.2 Å². The summed E-state index contributed by atoms with van der Waals surface area (Å²) in [5, 5.41) is 0. The van der Waals surface area contributed by atoms with Crippen molar-refractivity contribution < 1.29 is 23.0 Å². The van der Waals surface area contributed by atoms with Gasteiger partial charge in [0.25, 0.3) is 0 Å². The van der Waals surface area contributed by atoms with E-state index in [1.54, 1.807) is 0 Å². The lowest BCUT2D eigenvalue weighted by molar-refractivity contribution is 0.358. The molecule has 0 saturated carbocycles. The third-order valence-electron chi connectivity index (χ3n) is 1.84. The Kier molecular flexibility index (Phi) is 3.93. The van der Waals surface area contributed by atoms with Gasteiger partial charge < -0.3 is 18.8 Å².